The summed E-state index contributed by atoms with van der Waals surface area (Å²) >= 11 is 0. The van der Waals surface area contributed by atoms with Crippen LogP contribution >= 0.6 is 0 Å². The molecule has 0 radical (unpaired) electrons. The normalized spacial score (nSPS) is 20.0. The molecule has 1 unspecified atom stereocenters. The Balaban J connectivity index is 2.61. The number of hydrogen-bond donors (Lipinski definition) is 1. The quantitative estimate of drug-likeness (QED) is 0.630. The number of benzene rings is 1. The predicted octanol–water partition coefficient (Wildman–Crippen LogP) is 2.23. The Bertz CT molecular complexity index is 729. The van der Waals surface area contributed by atoms with E-state index in [1.165, 1.54) is 7.11 Å². The van der Waals surface area contributed by atoms with Gasteiger partial charge in [0.25, 0.3) is 15.8 Å². The second kappa shape index (κ2) is 6.12. The maximum atomic E-state index is 13.8. The number of fused-ring (bicyclic) bond motifs is 1. The van der Waals surface area contributed by atoms with Crippen LogP contribution in [0.15, 0.2) is 17.0 Å². The molecule has 0 amide bonds. The van der Waals surface area contributed by atoms with Crippen molar-refractivity contribution in [2.24, 2.45) is 0 Å². The molecule has 1 aliphatic rings. The van der Waals surface area contributed by atoms with E-state index in [4.69, 9.17) is 9.47 Å². The van der Waals surface area contributed by atoms with E-state index in [1.807, 2.05) is 0 Å². The molecule has 0 aromatic heterocycles. The first-order valence-corrected chi connectivity index (χ1v) is 8.06. The van der Waals surface area contributed by atoms with Crippen molar-refractivity contribution in [1.82, 2.24) is 0 Å². The van der Waals surface area contributed by atoms with E-state index in [1.54, 1.807) is 0 Å². The van der Waals surface area contributed by atoms with Crippen LogP contribution in [0.25, 0.3) is 0 Å². The molecule has 11 heteroatoms. The van der Waals surface area contributed by atoms with Crippen molar-refractivity contribution in [3.8, 4) is 5.75 Å². The summed E-state index contributed by atoms with van der Waals surface area (Å²) in [6.07, 6.45) is -3.81. The summed E-state index contributed by atoms with van der Waals surface area (Å²) in [5.74, 6) is -4.03. The number of sulfone groups is 1. The maximum absolute atomic E-state index is 13.8. The Morgan fingerprint density at radius 1 is 1.29 bits per heavy atom. The number of hydrogen-bond acceptors (Lipinski definition) is 5. The van der Waals surface area contributed by atoms with E-state index in [0.717, 1.165) is 6.07 Å². The molecule has 1 atom stereocenters. The summed E-state index contributed by atoms with van der Waals surface area (Å²) < 4.78 is 98.8. The molecule has 0 saturated carbocycles. The molecule has 0 fully saturated rings. The van der Waals surface area contributed by atoms with Crippen molar-refractivity contribution in [3.05, 3.63) is 23.3 Å². The molecule has 24 heavy (non-hydrogen) atoms. The Labute approximate surface area is 133 Å². The smallest absolute Gasteiger partial charge is 0.491 e. The Morgan fingerprint density at radius 2 is 1.92 bits per heavy atom. The minimum atomic E-state index is -5.90. The van der Waals surface area contributed by atoms with Crippen LogP contribution in [0, 0.1) is 0 Å². The number of aliphatic hydroxyl groups is 1. The lowest BCUT2D eigenvalue weighted by Crippen LogP contribution is -2.26. The van der Waals surface area contributed by atoms with Crippen LogP contribution in [0.2, 0.25) is 0 Å². The van der Waals surface area contributed by atoms with Gasteiger partial charge in [-0.25, -0.2) is 17.2 Å². The highest BCUT2D eigenvalue weighted by atomic mass is 32.2. The highest BCUT2D eigenvalue weighted by Crippen LogP contribution is 2.50. The highest BCUT2D eigenvalue weighted by molar-refractivity contribution is 7.92. The van der Waals surface area contributed by atoms with Gasteiger partial charge in [0.2, 0.25) is 0 Å². The molecule has 136 valence electrons. The standard InChI is InChI=1S/C13H13F5O5S/c1-22-4-5-23-8-2-3-9(24(20,21)13(16,17)18)10-7(8)6-12(14,15)11(10)19/h2-3,11,19H,4-6H2,1H3. The van der Waals surface area contributed by atoms with Crippen molar-refractivity contribution in [3.63, 3.8) is 0 Å². The SMILES string of the molecule is COCCOc1ccc(S(=O)(=O)C(F)(F)F)c2c1CC(F)(F)C2O. The second-order valence-corrected chi connectivity index (χ2v) is 6.99. The molecule has 1 aliphatic carbocycles. The minimum absolute atomic E-state index is 0.0797. The van der Waals surface area contributed by atoms with Gasteiger partial charge in [0.05, 0.1) is 11.5 Å². The fourth-order valence-corrected chi connectivity index (χ4v) is 3.40. The number of rotatable bonds is 5. The lowest BCUT2D eigenvalue weighted by molar-refractivity contribution is -0.0978. The molecule has 0 heterocycles. The fraction of sp³-hybridized carbons (Fsp3) is 0.538. The first-order chi connectivity index (χ1) is 10.9. The molecule has 0 spiro atoms. The summed E-state index contributed by atoms with van der Waals surface area (Å²) in [4.78, 5) is -1.39. The number of aliphatic hydroxyl groups excluding tert-OH is 1. The minimum Gasteiger partial charge on any atom is -0.491 e. The fourth-order valence-electron chi connectivity index (χ4n) is 2.38. The van der Waals surface area contributed by atoms with E-state index in [9.17, 15) is 35.5 Å². The average Bonchev–Trinajstić information content (AvgIpc) is 2.69. The van der Waals surface area contributed by atoms with Gasteiger partial charge in [-0.05, 0) is 12.1 Å². The van der Waals surface area contributed by atoms with Gasteiger partial charge >= 0.3 is 5.51 Å². The number of halogens is 5. The molecular formula is C13H13F5O5S. The van der Waals surface area contributed by atoms with Gasteiger partial charge in [-0.2, -0.15) is 13.2 Å². The van der Waals surface area contributed by atoms with Crippen molar-refractivity contribution in [1.29, 1.82) is 0 Å². The molecule has 0 bridgehead atoms. The summed E-state index contributed by atoms with van der Waals surface area (Å²) in [5.41, 5.74) is -7.13. The van der Waals surface area contributed by atoms with E-state index >= 15 is 0 Å². The molecule has 0 saturated heterocycles. The Hall–Kier alpha value is -1.46. The average molecular weight is 376 g/mol. The third-order valence-electron chi connectivity index (χ3n) is 3.50. The lowest BCUT2D eigenvalue weighted by atomic mass is 10.1. The second-order valence-electron chi connectivity index (χ2n) is 5.08. The van der Waals surface area contributed by atoms with Crippen LogP contribution in [-0.2, 0) is 21.0 Å². The molecule has 2 rings (SSSR count). The van der Waals surface area contributed by atoms with Crippen LogP contribution in [0.1, 0.15) is 17.2 Å². The van der Waals surface area contributed by atoms with E-state index in [2.05, 4.69) is 0 Å². The molecule has 5 nitrogen and oxygen atoms in total. The topological polar surface area (TPSA) is 72.8 Å². The van der Waals surface area contributed by atoms with Crippen molar-refractivity contribution < 1.29 is 45.0 Å². The zero-order valence-electron chi connectivity index (χ0n) is 12.2. The number of ether oxygens (including phenoxy) is 2. The van der Waals surface area contributed by atoms with Gasteiger partial charge in [0, 0.05) is 24.7 Å². The monoisotopic (exact) mass is 376 g/mol. The summed E-state index contributed by atoms with van der Waals surface area (Å²) in [6.45, 7) is -0.00764. The van der Waals surface area contributed by atoms with E-state index in [-0.39, 0.29) is 19.0 Å². The van der Waals surface area contributed by atoms with Crippen molar-refractivity contribution in [2.45, 2.75) is 28.9 Å². The Kier molecular flexibility index (Phi) is 4.81. The summed E-state index contributed by atoms with van der Waals surface area (Å²) in [6, 6.07) is 1.37. The van der Waals surface area contributed by atoms with Crippen LogP contribution < -0.4 is 4.74 Å². The van der Waals surface area contributed by atoms with Crippen LogP contribution in [0.4, 0.5) is 22.0 Å². The van der Waals surface area contributed by atoms with Gasteiger partial charge in [0.1, 0.15) is 18.5 Å². The summed E-state index contributed by atoms with van der Waals surface area (Å²) in [7, 11) is -4.55. The van der Waals surface area contributed by atoms with Crippen molar-refractivity contribution in [2.75, 3.05) is 20.3 Å². The first-order valence-electron chi connectivity index (χ1n) is 6.58. The van der Waals surface area contributed by atoms with Crippen LogP contribution in [0.5, 0.6) is 5.75 Å². The van der Waals surface area contributed by atoms with Gasteiger partial charge in [0.15, 0.2) is 0 Å². The zero-order valence-corrected chi connectivity index (χ0v) is 13.0. The molecular weight excluding hydrogens is 363 g/mol. The lowest BCUT2D eigenvalue weighted by Gasteiger charge is -2.17. The van der Waals surface area contributed by atoms with Gasteiger partial charge in [-0.1, -0.05) is 0 Å². The Morgan fingerprint density at radius 3 is 2.46 bits per heavy atom. The number of methoxy groups -OCH3 is 1. The van der Waals surface area contributed by atoms with Gasteiger partial charge < -0.3 is 14.6 Å². The third-order valence-corrected chi connectivity index (χ3v) is 5.04. The zero-order chi connectivity index (χ0) is 18.3. The summed E-state index contributed by atoms with van der Waals surface area (Å²) in [5, 5.41) is 9.65. The van der Waals surface area contributed by atoms with E-state index in [0.29, 0.717) is 6.07 Å². The largest absolute Gasteiger partial charge is 0.501 e. The number of alkyl halides is 5. The van der Waals surface area contributed by atoms with Crippen LogP contribution in [0.3, 0.4) is 0 Å². The van der Waals surface area contributed by atoms with Crippen molar-refractivity contribution >= 4 is 9.84 Å². The maximum Gasteiger partial charge on any atom is 0.501 e. The molecule has 1 aromatic carbocycles. The first kappa shape index (κ1) is 18.9. The van der Waals surface area contributed by atoms with Crippen LogP contribution in [-0.4, -0.2) is 45.3 Å². The van der Waals surface area contributed by atoms with Gasteiger partial charge in [-0.15, -0.1) is 0 Å². The predicted molar refractivity (Wildman–Crippen MR) is 70.7 cm³/mol. The third kappa shape index (κ3) is 3.07. The molecule has 1 aromatic rings. The molecule has 1 N–H and O–H groups in total. The van der Waals surface area contributed by atoms with Gasteiger partial charge in [-0.3, -0.25) is 0 Å². The molecule has 0 aliphatic heterocycles. The highest BCUT2D eigenvalue weighted by Gasteiger charge is 2.55. The van der Waals surface area contributed by atoms with E-state index < -0.39 is 49.8 Å².